The molecule has 22 heavy (non-hydrogen) atoms. The molecule has 2 aliphatic heterocycles. The average molecular weight is 330 g/mol. The molecule has 0 radical (unpaired) electrons. The molecule has 2 fully saturated rings. The van der Waals surface area contributed by atoms with Gasteiger partial charge < -0.3 is 9.84 Å². The number of nitrogens with one attached hydrogen (secondary N) is 1. The summed E-state index contributed by atoms with van der Waals surface area (Å²) in [6.45, 7) is 12.0. The van der Waals surface area contributed by atoms with Gasteiger partial charge in [0.1, 0.15) is 0 Å². The van der Waals surface area contributed by atoms with Gasteiger partial charge in [-0.1, -0.05) is 19.0 Å². The quantitative estimate of drug-likeness (QED) is 0.875. The van der Waals surface area contributed by atoms with Crippen molar-refractivity contribution >= 4 is 12.4 Å². The molecule has 1 aromatic heterocycles. The summed E-state index contributed by atoms with van der Waals surface area (Å²) in [5.41, 5.74) is 0. The van der Waals surface area contributed by atoms with E-state index in [0.29, 0.717) is 5.92 Å². The zero-order valence-corrected chi connectivity index (χ0v) is 14.4. The maximum Gasteiger partial charge on any atom is 0.240 e. The molecule has 3 heterocycles. The van der Waals surface area contributed by atoms with Crippen LogP contribution in [0.1, 0.15) is 32.0 Å². The molecular weight excluding hydrogens is 302 g/mol. The molecule has 1 atom stereocenters. The Morgan fingerprint density at radius 3 is 2.68 bits per heavy atom. The van der Waals surface area contributed by atoms with E-state index in [0.717, 1.165) is 63.4 Å². The monoisotopic (exact) mass is 329 g/mol. The second-order valence-electron chi connectivity index (χ2n) is 6.66. The molecule has 7 heteroatoms. The maximum absolute atomic E-state index is 5.37. The van der Waals surface area contributed by atoms with Gasteiger partial charge in [0.2, 0.25) is 5.89 Å². The highest BCUT2D eigenvalue weighted by Crippen LogP contribution is 2.14. The molecule has 0 bridgehead atoms. The van der Waals surface area contributed by atoms with E-state index in [1.807, 2.05) is 0 Å². The summed E-state index contributed by atoms with van der Waals surface area (Å²) in [7, 11) is 0. The van der Waals surface area contributed by atoms with Crippen LogP contribution in [0.4, 0.5) is 0 Å². The van der Waals surface area contributed by atoms with Crippen LogP contribution in [0.2, 0.25) is 0 Å². The minimum Gasteiger partial charge on any atom is -0.338 e. The molecule has 1 aromatic rings. The van der Waals surface area contributed by atoms with Gasteiger partial charge in [-0.2, -0.15) is 4.98 Å². The molecule has 0 aromatic carbocycles. The smallest absolute Gasteiger partial charge is 0.240 e. The Bertz CT molecular complexity index is 439. The summed E-state index contributed by atoms with van der Waals surface area (Å²) in [5.74, 6) is 2.18. The van der Waals surface area contributed by atoms with Gasteiger partial charge in [0, 0.05) is 45.2 Å². The molecule has 0 aliphatic carbocycles. The first-order valence-electron chi connectivity index (χ1n) is 8.19. The van der Waals surface area contributed by atoms with Crippen LogP contribution in [-0.2, 0) is 13.0 Å². The molecule has 126 valence electrons. The number of aromatic nitrogens is 2. The van der Waals surface area contributed by atoms with E-state index in [1.165, 1.54) is 13.0 Å². The molecule has 3 rings (SSSR count). The number of nitrogens with zero attached hydrogens (tertiary/aromatic N) is 4. The van der Waals surface area contributed by atoms with Gasteiger partial charge in [0.05, 0.1) is 6.54 Å². The average Bonchev–Trinajstić information content (AvgIpc) is 3.11. The van der Waals surface area contributed by atoms with Crippen LogP contribution in [-0.4, -0.2) is 65.3 Å². The Morgan fingerprint density at radius 1 is 1.27 bits per heavy atom. The van der Waals surface area contributed by atoms with Crippen molar-refractivity contribution in [3.8, 4) is 0 Å². The van der Waals surface area contributed by atoms with E-state index < -0.39 is 0 Å². The molecule has 0 spiro atoms. The molecule has 0 saturated carbocycles. The van der Waals surface area contributed by atoms with Crippen LogP contribution < -0.4 is 5.32 Å². The number of halogens is 1. The van der Waals surface area contributed by atoms with Crippen LogP contribution in [0.5, 0.6) is 0 Å². The van der Waals surface area contributed by atoms with E-state index in [2.05, 4.69) is 39.1 Å². The largest absolute Gasteiger partial charge is 0.338 e. The van der Waals surface area contributed by atoms with E-state index in [4.69, 9.17) is 4.52 Å². The molecule has 1 unspecified atom stereocenters. The van der Waals surface area contributed by atoms with Crippen LogP contribution >= 0.6 is 12.4 Å². The lowest BCUT2D eigenvalue weighted by Gasteiger charge is -2.37. The summed E-state index contributed by atoms with van der Waals surface area (Å²) >= 11 is 0. The number of hydrogen-bond acceptors (Lipinski definition) is 6. The summed E-state index contributed by atoms with van der Waals surface area (Å²) in [6, 6.07) is 0.744. The molecule has 6 nitrogen and oxygen atoms in total. The SMILES string of the molecule is CC(C)Cc1noc(CN2CCN(C3CCNC3)CC2)n1.Cl. The van der Waals surface area contributed by atoms with Gasteiger partial charge in [-0.05, 0) is 18.9 Å². The molecule has 1 N–H and O–H groups in total. The predicted molar refractivity (Wildman–Crippen MR) is 88.2 cm³/mol. The van der Waals surface area contributed by atoms with Crippen LogP contribution in [0.25, 0.3) is 0 Å². The Morgan fingerprint density at radius 2 is 2.05 bits per heavy atom. The summed E-state index contributed by atoms with van der Waals surface area (Å²) < 4.78 is 5.37. The van der Waals surface area contributed by atoms with Gasteiger partial charge >= 0.3 is 0 Å². The zero-order chi connectivity index (χ0) is 14.7. The molecule has 2 aliphatic rings. The minimum absolute atomic E-state index is 0. The Kier molecular flexibility index (Phi) is 6.62. The highest BCUT2D eigenvalue weighted by atomic mass is 35.5. The van der Waals surface area contributed by atoms with Crippen LogP contribution in [0, 0.1) is 5.92 Å². The minimum atomic E-state index is 0. The third kappa shape index (κ3) is 4.65. The van der Waals surface area contributed by atoms with Gasteiger partial charge in [-0.25, -0.2) is 0 Å². The van der Waals surface area contributed by atoms with Crippen molar-refractivity contribution in [3.05, 3.63) is 11.7 Å². The van der Waals surface area contributed by atoms with Gasteiger partial charge in [0.25, 0.3) is 0 Å². The van der Waals surface area contributed by atoms with E-state index in [9.17, 15) is 0 Å². The van der Waals surface area contributed by atoms with Crippen molar-refractivity contribution in [2.45, 2.75) is 39.3 Å². The summed E-state index contributed by atoms with van der Waals surface area (Å²) in [4.78, 5) is 9.54. The van der Waals surface area contributed by atoms with Crippen molar-refractivity contribution in [1.29, 1.82) is 0 Å². The normalized spacial score (nSPS) is 23.9. The topological polar surface area (TPSA) is 57.4 Å². The first-order valence-corrected chi connectivity index (χ1v) is 8.19. The fraction of sp³-hybridized carbons (Fsp3) is 0.867. The lowest BCUT2D eigenvalue weighted by atomic mass is 10.1. The summed E-state index contributed by atoms with van der Waals surface area (Å²) in [5, 5.41) is 7.52. The van der Waals surface area contributed by atoms with E-state index in [-0.39, 0.29) is 12.4 Å². The van der Waals surface area contributed by atoms with Crippen LogP contribution in [0.3, 0.4) is 0 Å². The first kappa shape index (κ1) is 17.7. The Hall–Kier alpha value is -0.690. The third-order valence-corrected chi connectivity index (χ3v) is 4.42. The predicted octanol–water partition coefficient (Wildman–Crippen LogP) is 1.17. The first-order chi connectivity index (χ1) is 10.2. The van der Waals surface area contributed by atoms with E-state index >= 15 is 0 Å². The van der Waals surface area contributed by atoms with Crippen LogP contribution in [0.15, 0.2) is 4.52 Å². The fourth-order valence-corrected chi connectivity index (χ4v) is 3.23. The summed E-state index contributed by atoms with van der Waals surface area (Å²) in [6.07, 6.45) is 2.19. The number of piperazine rings is 1. The Labute approximate surface area is 139 Å². The third-order valence-electron chi connectivity index (χ3n) is 4.42. The highest BCUT2D eigenvalue weighted by molar-refractivity contribution is 5.85. The fourth-order valence-electron chi connectivity index (χ4n) is 3.23. The van der Waals surface area contributed by atoms with Crippen molar-refractivity contribution in [2.24, 2.45) is 5.92 Å². The van der Waals surface area contributed by atoms with E-state index in [1.54, 1.807) is 0 Å². The van der Waals surface area contributed by atoms with Crippen molar-refractivity contribution in [2.75, 3.05) is 39.3 Å². The number of hydrogen-bond donors (Lipinski definition) is 1. The second kappa shape index (κ2) is 8.24. The lowest BCUT2D eigenvalue weighted by Crippen LogP contribution is -2.50. The Balaban J connectivity index is 0.00000176. The maximum atomic E-state index is 5.37. The molecular formula is C15H28ClN5O. The van der Waals surface area contributed by atoms with Gasteiger partial charge in [-0.3, -0.25) is 9.80 Å². The highest BCUT2D eigenvalue weighted by Gasteiger charge is 2.26. The van der Waals surface area contributed by atoms with Crippen molar-refractivity contribution in [1.82, 2.24) is 25.3 Å². The standard InChI is InChI=1S/C15H27N5O.ClH/c1-12(2)9-14-17-15(21-18-14)11-19-5-7-20(8-6-19)13-3-4-16-10-13;/h12-13,16H,3-11H2,1-2H3;1H. The zero-order valence-electron chi connectivity index (χ0n) is 13.6. The molecule has 0 amide bonds. The second-order valence-corrected chi connectivity index (χ2v) is 6.66. The van der Waals surface area contributed by atoms with Crippen molar-refractivity contribution in [3.63, 3.8) is 0 Å². The van der Waals surface area contributed by atoms with Gasteiger partial charge in [0.15, 0.2) is 5.82 Å². The van der Waals surface area contributed by atoms with Crippen molar-refractivity contribution < 1.29 is 4.52 Å². The lowest BCUT2D eigenvalue weighted by molar-refractivity contribution is 0.0908. The molecule has 2 saturated heterocycles. The number of rotatable bonds is 5. The van der Waals surface area contributed by atoms with Gasteiger partial charge in [-0.15, -0.1) is 12.4 Å².